The lowest BCUT2D eigenvalue weighted by molar-refractivity contribution is 0.0874. The third-order valence-corrected chi connectivity index (χ3v) is 4.29. The fourth-order valence-electron chi connectivity index (χ4n) is 2.47. The van der Waals surface area contributed by atoms with Gasteiger partial charge in [-0.25, -0.2) is 0 Å². The molecule has 0 bridgehead atoms. The molecule has 0 aromatic heterocycles. The number of benzene rings is 1. The van der Waals surface area contributed by atoms with Gasteiger partial charge in [-0.3, -0.25) is 4.79 Å². The predicted molar refractivity (Wildman–Crippen MR) is 78.9 cm³/mol. The Bertz CT molecular complexity index is 465. The van der Waals surface area contributed by atoms with E-state index in [0.29, 0.717) is 23.7 Å². The van der Waals surface area contributed by atoms with Crippen molar-refractivity contribution in [3.05, 3.63) is 28.2 Å². The summed E-state index contributed by atoms with van der Waals surface area (Å²) < 4.78 is 0.791. The van der Waals surface area contributed by atoms with E-state index in [0.717, 1.165) is 30.2 Å². The van der Waals surface area contributed by atoms with E-state index in [1.165, 1.54) is 0 Å². The number of nitrogens with one attached hydrogen (secondary N) is 1. The number of halogens is 1. The molecular formula is C14H19BrN2O2. The molecule has 0 saturated heterocycles. The Labute approximate surface area is 121 Å². The van der Waals surface area contributed by atoms with Crippen LogP contribution in [0.2, 0.25) is 0 Å². The maximum atomic E-state index is 12.0. The number of hydrogen-bond donors (Lipinski definition) is 3. The van der Waals surface area contributed by atoms with Crippen LogP contribution >= 0.6 is 15.9 Å². The second kappa shape index (κ2) is 6.39. The number of carbonyl (C=O) groups excluding carboxylic acids is 1. The number of anilines is 1. The van der Waals surface area contributed by atoms with E-state index in [1.807, 2.05) is 0 Å². The van der Waals surface area contributed by atoms with Gasteiger partial charge in [-0.1, -0.05) is 6.42 Å². The van der Waals surface area contributed by atoms with Crippen LogP contribution < -0.4 is 11.1 Å². The van der Waals surface area contributed by atoms with E-state index in [9.17, 15) is 9.90 Å². The molecule has 1 aromatic rings. The van der Waals surface area contributed by atoms with Gasteiger partial charge in [-0.05, 0) is 59.3 Å². The Hall–Kier alpha value is -1.07. The van der Waals surface area contributed by atoms with E-state index in [4.69, 9.17) is 5.73 Å². The molecule has 0 spiro atoms. The minimum atomic E-state index is -0.209. The first kappa shape index (κ1) is 14.3. The summed E-state index contributed by atoms with van der Waals surface area (Å²) in [4.78, 5) is 12.0. The van der Waals surface area contributed by atoms with Gasteiger partial charge in [0.2, 0.25) is 0 Å². The number of carbonyl (C=O) groups is 1. The smallest absolute Gasteiger partial charge is 0.251 e. The summed E-state index contributed by atoms with van der Waals surface area (Å²) in [5.41, 5.74) is 6.88. The zero-order valence-corrected chi connectivity index (χ0v) is 12.3. The summed E-state index contributed by atoms with van der Waals surface area (Å²) >= 11 is 3.30. The number of rotatable bonds is 3. The number of aliphatic hydroxyl groups excluding tert-OH is 1. The zero-order valence-electron chi connectivity index (χ0n) is 10.7. The quantitative estimate of drug-likeness (QED) is 0.746. The molecule has 19 heavy (non-hydrogen) atoms. The van der Waals surface area contributed by atoms with Gasteiger partial charge in [0.1, 0.15) is 0 Å². The van der Waals surface area contributed by atoms with Crippen LogP contribution in [0.25, 0.3) is 0 Å². The minimum Gasteiger partial charge on any atom is -0.398 e. The molecule has 1 amide bonds. The molecule has 0 heterocycles. The van der Waals surface area contributed by atoms with Gasteiger partial charge in [0.05, 0.1) is 6.10 Å². The molecule has 2 atom stereocenters. The highest BCUT2D eigenvalue weighted by atomic mass is 79.9. The Kier molecular flexibility index (Phi) is 4.82. The first-order valence-electron chi connectivity index (χ1n) is 6.57. The van der Waals surface area contributed by atoms with Crippen molar-refractivity contribution in [2.45, 2.75) is 31.8 Å². The topological polar surface area (TPSA) is 75.4 Å². The molecule has 1 aromatic carbocycles. The second-order valence-electron chi connectivity index (χ2n) is 5.13. The molecule has 4 nitrogen and oxygen atoms in total. The van der Waals surface area contributed by atoms with Crippen LogP contribution in [-0.4, -0.2) is 23.7 Å². The lowest BCUT2D eigenvalue weighted by Crippen LogP contribution is -2.33. The summed E-state index contributed by atoms with van der Waals surface area (Å²) in [5, 5.41) is 12.5. The second-order valence-corrected chi connectivity index (χ2v) is 5.99. The van der Waals surface area contributed by atoms with Gasteiger partial charge in [0.15, 0.2) is 0 Å². The Balaban J connectivity index is 1.88. The molecular weight excluding hydrogens is 308 g/mol. The predicted octanol–water partition coefficient (Wildman–Crippen LogP) is 2.31. The standard InChI is InChI=1S/C14H19BrN2O2/c15-12-5-4-10(7-13(12)16)14(19)17-8-9-2-1-3-11(18)6-9/h4-5,7,9,11,18H,1-3,6,8,16H2,(H,17,19). The zero-order chi connectivity index (χ0) is 13.8. The van der Waals surface area contributed by atoms with Crippen molar-refractivity contribution >= 4 is 27.5 Å². The lowest BCUT2D eigenvalue weighted by atomic mass is 9.87. The van der Waals surface area contributed by atoms with E-state index in [2.05, 4.69) is 21.2 Å². The van der Waals surface area contributed by atoms with E-state index >= 15 is 0 Å². The van der Waals surface area contributed by atoms with Gasteiger partial charge in [0, 0.05) is 22.3 Å². The highest BCUT2D eigenvalue weighted by Gasteiger charge is 2.20. The summed E-state index contributed by atoms with van der Waals surface area (Å²) in [6.45, 7) is 0.617. The molecule has 1 saturated carbocycles. The van der Waals surface area contributed by atoms with Crippen LogP contribution in [0.4, 0.5) is 5.69 Å². The van der Waals surface area contributed by atoms with Crippen LogP contribution in [0.1, 0.15) is 36.0 Å². The van der Waals surface area contributed by atoms with Crippen LogP contribution in [-0.2, 0) is 0 Å². The van der Waals surface area contributed by atoms with E-state index in [1.54, 1.807) is 18.2 Å². The minimum absolute atomic E-state index is 0.112. The van der Waals surface area contributed by atoms with Crippen molar-refractivity contribution in [3.63, 3.8) is 0 Å². The van der Waals surface area contributed by atoms with Gasteiger partial charge >= 0.3 is 0 Å². The van der Waals surface area contributed by atoms with Gasteiger partial charge in [-0.15, -0.1) is 0 Å². The first-order valence-corrected chi connectivity index (χ1v) is 7.37. The number of hydrogen-bond acceptors (Lipinski definition) is 3. The number of nitrogens with two attached hydrogens (primary N) is 1. The van der Waals surface area contributed by atoms with Crippen LogP contribution in [0, 0.1) is 5.92 Å². The maximum absolute atomic E-state index is 12.0. The highest BCUT2D eigenvalue weighted by Crippen LogP contribution is 2.24. The van der Waals surface area contributed by atoms with Crippen LogP contribution in [0.5, 0.6) is 0 Å². The molecule has 1 fully saturated rings. The Morgan fingerprint density at radius 3 is 2.95 bits per heavy atom. The van der Waals surface area contributed by atoms with Gasteiger partial charge in [-0.2, -0.15) is 0 Å². The SMILES string of the molecule is Nc1cc(C(=O)NCC2CCCC(O)C2)ccc1Br. The largest absolute Gasteiger partial charge is 0.398 e. The fraction of sp³-hybridized carbons (Fsp3) is 0.500. The third kappa shape index (κ3) is 3.94. The molecule has 104 valence electrons. The highest BCUT2D eigenvalue weighted by molar-refractivity contribution is 9.10. The fourth-order valence-corrected chi connectivity index (χ4v) is 2.72. The normalized spacial score (nSPS) is 23.1. The molecule has 1 aliphatic carbocycles. The maximum Gasteiger partial charge on any atom is 0.251 e. The lowest BCUT2D eigenvalue weighted by Gasteiger charge is -2.25. The Morgan fingerprint density at radius 2 is 2.26 bits per heavy atom. The van der Waals surface area contributed by atoms with E-state index < -0.39 is 0 Å². The molecule has 2 unspecified atom stereocenters. The molecule has 5 heteroatoms. The van der Waals surface area contributed by atoms with Crippen molar-refractivity contribution in [3.8, 4) is 0 Å². The van der Waals surface area contributed by atoms with Crippen LogP contribution in [0.15, 0.2) is 22.7 Å². The molecule has 2 rings (SSSR count). The van der Waals surface area contributed by atoms with Crippen LogP contribution in [0.3, 0.4) is 0 Å². The summed E-state index contributed by atoms with van der Waals surface area (Å²) in [7, 11) is 0. The average molecular weight is 327 g/mol. The Morgan fingerprint density at radius 1 is 1.47 bits per heavy atom. The molecule has 0 radical (unpaired) electrons. The summed E-state index contributed by atoms with van der Waals surface area (Å²) in [5.74, 6) is 0.264. The van der Waals surface area contributed by atoms with Crippen molar-refractivity contribution in [2.24, 2.45) is 5.92 Å². The molecule has 1 aliphatic rings. The van der Waals surface area contributed by atoms with Crippen molar-refractivity contribution < 1.29 is 9.90 Å². The van der Waals surface area contributed by atoms with E-state index in [-0.39, 0.29) is 12.0 Å². The third-order valence-electron chi connectivity index (χ3n) is 3.56. The van der Waals surface area contributed by atoms with Crippen molar-refractivity contribution in [1.29, 1.82) is 0 Å². The van der Waals surface area contributed by atoms with Gasteiger partial charge in [0.25, 0.3) is 5.91 Å². The summed E-state index contributed by atoms with van der Waals surface area (Å²) in [6.07, 6.45) is 3.56. The summed E-state index contributed by atoms with van der Waals surface area (Å²) in [6, 6.07) is 5.18. The monoisotopic (exact) mass is 326 g/mol. The number of amides is 1. The van der Waals surface area contributed by atoms with Gasteiger partial charge < -0.3 is 16.2 Å². The van der Waals surface area contributed by atoms with Crippen molar-refractivity contribution in [2.75, 3.05) is 12.3 Å². The number of nitrogen functional groups attached to an aromatic ring is 1. The molecule has 4 N–H and O–H groups in total. The number of aliphatic hydroxyl groups is 1. The average Bonchev–Trinajstić information content (AvgIpc) is 2.39. The van der Waals surface area contributed by atoms with Crippen molar-refractivity contribution in [1.82, 2.24) is 5.32 Å². The first-order chi connectivity index (χ1) is 9.06. The molecule has 0 aliphatic heterocycles.